The van der Waals surface area contributed by atoms with Crippen LogP contribution in [0.4, 0.5) is 10.5 Å². The van der Waals surface area contributed by atoms with Crippen molar-refractivity contribution in [3.63, 3.8) is 0 Å². The molecule has 3 amide bonds. The van der Waals surface area contributed by atoms with Crippen LogP contribution in [0.2, 0.25) is 0 Å². The van der Waals surface area contributed by atoms with Gasteiger partial charge in [0.1, 0.15) is 11.8 Å². The lowest BCUT2D eigenvalue weighted by Crippen LogP contribution is -2.56. The fourth-order valence-electron chi connectivity index (χ4n) is 4.72. The Morgan fingerprint density at radius 1 is 1.06 bits per heavy atom. The molecule has 3 heterocycles. The molecule has 32 heavy (non-hydrogen) atoms. The van der Waals surface area contributed by atoms with E-state index in [1.54, 1.807) is 48.4 Å². The first-order chi connectivity index (χ1) is 15.4. The number of urea groups is 1. The van der Waals surface area contributed by atoms with Crippen LogP contribution in [0.15, 0.2) is 47.3 Å². The number of carbonyl (C=O) groups excluding carboxylic acids is 2. The molecule has 2 bridgehead atoms. The van der Waals surface area contributed by atoms with Crippen molar-refractivity contribution in [2.24, 2.45) is 11.8 Å². The predicted octanol–water partition coefficient (Wildman–Crippen LogP) is 2.65. The van der Waals surface area contributed by atoms with E-state index in [2.05, 4.69) is 10.6 Å². The number of aromatic nitrogens is 1. The molecule has 0 radical (unpaired) electrons. The number of likely N-dealkylation sites (tertiary alicyclic amines) is 1. The van der Waals surface area contributed by atoms with E-state index in [1.807, 2.05) is 24.5 Å². The van der Waals surface area contributed by atoms with Gasteiger partial charge in [0.15, 0.2) is 0 Å². The topological polar surface area (TPSA) is 92.7 Å². The van der Waals surface area contributed by atoms with Crippen LogP contribution in [0.3, 0.4) is 0 Å². The maximum Gasteiger partial charge on any atom is 0.318 e. The van der Waals surface area contributed by atoms with E-state index < -0.39 is 6.04 Å². The zero-order valence-electron chi connectivity index (χ0n) is 18.7. The molecule has 1 fully saturated rings. The number of amides is 3. The van der Waals surface area contributed by atoms with Crippen molar-refractivity contribution in [1.29, 1.82) is 0 Å². The molecule has 1 aromatic carbocycles. The Bertz CT molecular complexity index is 1050. The number of ether oxygens (including phenoxy) is 1. The van der Waals surface area contributed by atoms with Crippen molar-refractivity contribution in [2.75, 3.05) is 25.5 Å². The van der Waals surface area contributed by atoms with Crippen LogP contribution in [-0.4, -0.2) is 47.6 Å². The molecule has 2 aliphatic heterocycles. The third-order valence-corrected chi connectivity index (χ3v) is 6.35. The third-order valence-electron chi connectivity index (χ3n) is 6.35. The standard InChI is InChI=1S/C24H30N4O4/c1-15(2)22(23(30)25-18-7-9-19(32-3)10-8-18)26-24(31)27-12-16-11-17(14-27)20-5-4-6-21(29)28(20)13-16/h4-10,15-17,22H,11-14H2,1-3H3,(H,25,30)(H,26,31)/t16-,17+,22-/m0/s1. The lowest BCUT2D eigenvalue weighted by molar-refractivity contribution is -0.118. The molecule has 8 nitrogen and oxygen atoms in total. The van der Waals surface area contributed by atoms with Gasteiger partial charge in [0.05, 0.1) is 7.11 Å². The Hall–Kier alpha value is -3.29. The molecule has 0 aliphatic carbocycles. The summed E-state index contributed by atoms with van der Waals surface area (Å²) in [7, 11) is 1.59. The number of piperidine rings is 1. The number of anilines is 1. The summed E-state index contributed by atoms with van der Waals surface area (Å²) in [6.07, 6.45) is 0.971. The average Bonchev–Trinajstić information content (AvgIpc) is 2.78. The van der Waals surface area contributed by atoms with Gasteiger partial charge in [-0.05, 0) is 48.6 Å². The number of rotatable bonds is 5. The SMILES string of the molecule is COc1ccc(NC(=O)[C@@H](NC(=O)N2C[C@@H]3C[C@H](C2)c2cccc(=O)n2C3)C(C)C)cc1. The molecule has 1 saturated heterocycles. The summed E-state index contributed by atoms with van der Waals surface area (Å²) in [4.78, 5) is 40.0. The summed E-state index contributed by atoms with van der Waals surface area (Å²) in [6.45, 7) is 5.56. The van der Waals surface area contributed by atoms with Gasteiger partial charge in [-0.1, -0.05) is 19.9 Å². The average molecular weight is 439 g/mol. The Balaban J connectivity index is 1.43. The molecule has 170 valence electrons. The highest BCUT2D eigenvalue weighted by Crippen LogP contribution is 2.35. The van der Waals surface area contributed by atoms with Crippen LogP contribution in [0.5, 0.6) is 5.75 Å². The van der Waals surface area contributed by atoms with Gasteiger partial charge in [-0.25, -0.2) is 4.79 Å². The highest BCUT2D eigenvalue weighted by atomic mass is 16.5. The first-order valence-electron chi connectivity index (χ1n) is 11.1. The van der Waals surface area contributed by atoms with Crippen LogP contribution in [0, 0.1) is 11.8 Å². The van der Waals surface area contributed by atoms with Gasteiger partial charge in [-0.2, -0.15) is 0 Å². The number of nitrogens with one attached hydrogen (secondary N) is 2. The van der Waals surface area contributed by atoms with E-state index >= 15 is 0 Å². The van der Waals surface area contributed by atoms with Crippen LogP contribution in [0.1, 0.15) is 31.9 Å². The Morgan fingerprint density at radius 2 is 1.81 bits per heavy atom. The molecule has 3 atom stereocenters. The largest absolute Gasteiger partial charge is 0.497 e. The highest BCUT2D eigenvalue weighted by molar-refractivity contribution is 5.97. The Labute approximate surface area is 187 Å². The monoisotopic (exact) mass is 438 g/mol. The van der Waals surface area contributed by atoms with E-state index in [0.29, 0.717) is 31.1 Å². The summed E-state index contributed by atoms with van der Waals surface area (Å²) in [6, 6.07) is 11.5. The van der Waals surface area contributed by atoms with Crippen LogP contribution in [-0.2, 0) is 11.3 Å². The minimum atomic E-state index is -0.665. The van der Waals surface area contributed by atoms with Gasteiger partial charge in [0.25, 0.3) is 5.56 Å². The number of methoxy groups -OCH3 is 1. The predicted molar refractivity (Wildman–Crippen MR) is 122 cm³/mol. The van der Waals surface area contributed by atoms with Crippen LogP contribution in [0.25, 0.3) is 0 Å². The number of pyridine rings is 1. The normalized spacial score (nSPS) is 20.3. The van der Waals surface area contributed by atoms with E-state index in [1.165, 1.54) is 0 Å². The third kappa shape index (κ3) is 4.49. The van der Waals surface area contributed by atoms with Crippen LogP contribution < -0.4 is 20.9 Å². The van der Waals surface area contributed by atoms with Crippen molar-refractivity contribution in [2.45, 2.75) is 38.8 Å². The first kappa shape index (κ1) is 21.9. The molecule has 2 aliphatic rings. The maximum absolute atomic E-state index is 13.1. The summed E-state index contributed by atoms with van der Waals surface area (Å²) in [5.74, 6) is 0.732. The van der Waals surface area contributed by atoms with Gasteiger partial charge < -0.3 is 24.8 Å². The number of hydrogen-bond acceptors (Lipinski definition) is 4. The molecule has 8 heteroatoms. The lowest BCUT2D eigenvalue weighted by Gasteiger charge is -2.43. The second-order valence-electron chi connectivity index (χ2n) is 8.99. The highest BCUT2D eigenvalue weighted by Gasteiger charge is 2.37. The summed E-state index contributed by atoms with van der Waals surface area (Å²) in [5.41, 5.74) is 1.65. The number of benzene rings is 1. The zero-order chi connectivity index (χ0) is 22.8. The summed E-state index contributed by atoms with van der Waals surface area (Å²) >= 11 is 0. The molecular formula is C24H30N4O4. The van der Waals surface area contributed by atoms with Crippen LogP contribution >= 0.6 is 0 Å². The van der Waals surface area contributed by atoms with E-state index in [-0.39, 0.29) is 35.3 Å². The van der Waals surface area contributed by atoms with Crippen molar-refractivity contribution in [1.82, 2.24) is 14.8 Å². The van der Waals surface area contributed by atoms with E-state index in [9.17, 15) is 14.4 Å². The number of nitrogens with zero attached hydrogens (tertiary/aromatic N) is 2. The minimum absolute atomic E-state index is 0.0187. The van der Waals surface area contributed by atoms with Crippen molar-refractivity contribution < 1.29 is 14.3 Å². The first-order valence-corrected chi connectivity index (χ1v) is 11.1. The van der Waals surface area contributed by atoms with E-state index in [0.717, 1.165) is 12.1 Å². The fourth-order valence-corrected chi connectivity index (χ4v) is 4.72. The van der Waals surface area contributed by atoms with Gasteiger partial charge in [0.2, 0.25) is 5.91 Å². The van der Waals surface area contributed by atoms with Gasteiger partial charge >= 0.3 is 6.03 Å². The minimum Gasteiger partial charge on any atom is -0.497 e. The van der Waals surface area contributed by atoms with Crippen molar-refractivity contribution in [3.05, 3.63) is 58.5 Å². The fraction of sp³-hybridized carbons (Fsp3) is 0.458. The molecule has 2 aromatic rings. The summed E-state index contributed by atoms with van der Waals surface area (Å²) < 4.78 is 6.99. The summed E-state index contributed by atoms with van der Waals surface area (Å²) in [5, 5.41) is 5.81. The zero-order valence-corrected chi connectivity index (χ0v) is 18.7. The number of carbonyl (C=O) groups is 2. The molecule has 1 aromatic heterocycles. The maximum atomic E-state index is 13.1. The molecular weight excluding hydrogens is 408 g/mol. The second kappa shape index (κ2) is 9.06. The molecule has 4 rings (SSSR count). The smallest absolute Gasteiger partial charge is 0.318 e. The molecule has 0 saturated carbocycles. The quantitative estimate of drug-likeness (QED) is 0.751. The number of fused-ring (bicyclic) bond motifs is 4. The van der Waals surface area contributed by atoms with Crippen molar-refractivity contribution >= 4 is 17.6 Å². The lowest BCUT2D eigenvalue weighted by atomic mass is 9.83. The van der Waals surface area contributed by atoms with Gasteiger partial charge in [0, 0.05) is 43.0 Å². The Morgan fingerprint density at radius 3 is 2.50 bits per heavy atom. The Kier molecular flexibility index (Phi) is 6.21. The molecule has 0 spiro atoms. The second-order valence-corrected chi connectivity index (χ2v) is 8.99. The molecule has 2 N–H and O–H groups in total. The van der Waals surface area contributed by atoms with Gasteiger partial charge in [-0.15, -0.1) is 0 Å². The van der Waals surface area contributed by atoms with Crippen molar-refractivity contribution in [3.8, 4) is 5.75 Å². The number of hydrogen-bond donors (Lipinski definition) is 2. The molecule has 0 unspecified atom stereocenters. The van der Waals surface area contributed by atoms with E-state index in [4.69, 9.17) is 4.74 Å². The van der Waals surface area contributed by atoms with Gasteiger partial charge in [-0.3, -0.25) is 9.59 Å².